The Balaban J connectivity index is 1.98. The summed E-state index contributed by atoms with van der Waals surface area (Å²) in [6.07, 6.45) is 2.01. The predicted octanol–water partition coefficient (Wildman–Crippen LogP) is 2.92. The number of H-pyrrole nitrogens is 1. The highest BCUT2D eigenvalue weighted by Crippen LogP contribution is 2.28. The van der Waals surface area contributed by atoms with E-state index in [4.69, 9.17) is 0 Å². The largest absolute Gasteiger partial charge is 0.277 e. The molecule has 2 aromatic carbocycles. The van der Waals surface area contributed by atoms with Crippen molar-refractivity contribution < 1.29 is 0 Å². The Morgan fingerprint density at radius 2 is 2.21 bits per heavy atom. The molecule has 0 saturated heterocycles. The standard InChI is InChI=1S/C15H11N4/c1-19-9-11-8-10(6-7-13(11)18-19)15-12-4-2-3-5-14(12)16-17-15/h3-9H,1H3,(H,16,17). The van der Waals surface area contributed by atoms with Gasteiger partial charge in [-0.1, -0.05) is 12.1 Å². The van der Waals surface area contributed by atoms with Crippen LogP contribution < -0.4 is 0 Å². The monoisotopic (exact) mass is 247 g/mol. The van der Waals surface area contributed by atoms with Crippen LogP contribution in [0.5, 0.6) is 0 Å². The van der Waals surface area contributed by atoms with Gasteiger partial charge in [-0.05, 0) is 30.3 Å². The molecule has 1 radical (unpaired) electrons. The minimum Gasteiger partial charge on any atom is -0.277 e. The van der Waals surface area contributed by atoms with Crippen LogP contribution in [0.1, 0.15) is 0 Å². The second kappa shape index (κ2) is 3.68. The van der Waals surface area contributed by atoms with Gasteiger partial charge < -0.3 is 0 Å². The van der Waals surface area contributed by atoms with Crippen LogP contribution in [0.15, 0.2) is 42.6 Å². The van der Waals surface area contributed by atoms with Gasteiger partial charge in [0.15, 0.2) is 0 Å². The van der Waals surface area contributed by atoms with E-state index in [9.17, 15) is 0 Å². The van der Waals surface area contributed by atoms with Crippen molar-refractivity contribution in [3.05, 3.63) is 48.7 Å². The average Bonchev–Trinajstić information content (AvgIpc) is 2.99. The Morgan fingerprint density at radius 3 is 3.16 bits per heavy atom. The number of hydrogen-bond donors (Lipinski definition) is 1. The van der Waals surface area contributed by atoms with Crippen LogP contribution in [0.25, 0.3) is 33.1 Å². The highest BCUT2D eigenvalue weighted by atomic mass is 15.2. The molecule has 19 heavy (non-hydrogen) atoms. The molecular weight excluding hydrogens is 236 g/mol. The first kappa shape index (κ1) is 10.3. The Bertz CT molecular complexity index is 885. The Labute approximate surface area is 109 Å². The molecule has 0 bridgehead atoms. The fourth-order valence-electron chi connectivity index (χ4n) is 2.42. The summed E-state index contributed by atoms with van der Waals surface area (Å²) < 4.78 is 1.82. The molecule has 4 nitrogen and oxygen atoms in total. The number of aromatic nitrogens is 4. The SMILES string of the molecule is Cn1cc2cc(-c3n[nH]c4cc[c]cc34)ccc2n1. The van der Waals surface area contributed by atoms with E-state index in [0.29, 0.717) is 0 Å². The van der Waals surface area contributed by atoms with Crippen molar-refractivity contribution in [1.29, 1.82) is 0 Å². The fraction of sp³-hybridized carbons (Fsp3) is 0.0667. The second-order valence-corrected chi connectivity index (χ2v) is 4.62. The molecule has 0 aliphatic heterocycles. The van der Waals surface area contributed by atoms with Crippen LogP contribution in [-0.2, 0) is 7.05 Å². The highest BCUT2D eigenvalue weighted by molar-refractivity contribution is 5.95. The van der Waals surface area contributed by atoms with E-state index in [1.165, 1.54) is 0 Å². The van der Waals surface area contributed by atoms with Gasteiger partial charge in [0.25, 0.3) is 0 Å². The number of nitrogens with zero attached hydrogens (tertiary/aromatic N) is 3. The molecule has 0 atom stereocenters. The van der Waals surface area contributed by atoms with Crippen molar-refractivity contribution in [2.24, 2.45) is 7.05 Å². The summed E-state index contributed by atoms with van der Waals surface area (Å²) in [5, 5.41) is 14.0. The van der Waals surface area contributed by atoms with Crippen LogP contribution in [0.4, 0.5) is 0 Å². The number of nitrogens with one attached hydrogen (secondary N) is 1. The van der Waals surface area contributed by atoms with Crippen LogP contribution in [0, 0.1) is 6.07 Å². The summed E-state index contributed by atoms with van der Waals surface area (Å²) in [5.41, 5.74) is 4.07. The average molecular weight is 247 g/mol. The summed E-state index contributed by atoms with van der Waals surface area (Å²) >= 11 is 0. The predicted molar refractivity (Wildman–Crippen MR) is 74.6 cm³/mol. The summed E-state index contributed by atoms with van der Waals surface area (Å²) in [6, 6.07) is 15.1. The molecule has 0 unspecified atom stereocenters. The molecule has 4 rings (SSSR count). The first-order valence-corrected chi connectivity index (χ1v) is 6.09. The molecule has 0 fully saturated rings. The first-order chi connectivity index (χ1) is 9.31. The molecule has 91 valence electrons. The van der Waals surface area contributed by atoms with Crippen molar-refractivity contribution in [2.45, 2.75) is 0 Å². The van der Waals surface area contributed by atoms with Gasteiger partial charge >= 0.3 is 0 Å². The lowest BCUT2D eigenvalue weighted by atomic mass is 10.1. The molecule has 0 amide bonds. The van der Waals surface area contributed by atoms with Gasteiger partial charge in [0, 0.05) is 29.6 Å². The zero-order valence-electron chi connectivity index (χ0n) is 10.4. The third-order valence-corrected chi connectivity index (χ3v) is 3.30. The second-order valence-electron chi connectivity index (χ2n) is 4.62. The number of hydrogen-bond acceptors (Lipinski definition) is 2. The fourth-order valence-corrected chi connectivity index (χ4v) is 2.42. The maximum atomic E-state index is 4.41. The Hall–Kier alpha value is -2.62. The smallest absolute Gasteiger partial charge is 0.0999 e. The van der Waals surface area contributed by atoms with Crippen LogP contribution in [0.3, 0.4) is 0 Å². The first-order valence-electron chi connectivity index (χ1n) is 6.09. The highest BCUT2D eigenvalue weighted by Gasteiger charge is 2.09. The number of fused-ring (bicyclic) bond motifs is 2. The molecule has 4 aromatic rings. The summed E-state index contributed by atoms with van der Waals surface area (Å²) in [7, 11) is 1.93. The van der Waals surface area contributed by atoms with E-state index in [1.54, 1.807) is 0 Å². The van der Waals surface area contributed by atoms with Crippen molar-refractivity contribution in [1.82, 2.24) is 20.0 Å². The zero-order chi connectivity index (χ0) is 12.8. The summed E-state index contributed by atoms with van der Waals surface area (Å²) in [6.45, 7) is 0. The molecule has 2 heterocycles. The lowest BCUT2D eigenvalue weighted by Gasteiger charge is -1.97. The minimum absolute atomic E-state index is 0.956. The topological polar surface area (TPSA) is 46.5 Å². The molecule has 0 aliphatic carbocycles. The van der Waals surface area contributed by atoms with E-state index in [2.05, 4.69) is 33.5 Å². The normalized spacial score (nSPS) is 11.4. The van der Waals surface area contributed by atoms with E-state index in [0.717, 1.165) is 33.1 Å². The number of aryl methyl sites for hydroxylation is 1. The van der Waals surface area contributed by atoms with Crippen molar-refractivity contribution >= 4 is 21.8 Å². The van der Waals surface area contributed by atoms with Gasteiger partial charge in [0.05, 0.1) is 16.7 Å². The van der Waals surface area contributed by atoms with Crippen molar-refractivity contribution in [3.8, 4) is 11.3 Å². The Kier molecular flexibility index (Phi) is 2.00. The number of aromatic amines is 1. The zero-order valence-corrected chi connectivity index (χ0v) is 10.4. The third-order valence-electron chi connectivity index (χ3n) is 3.30. The quantitative estimate of drug-likeness (QED) is 0.562. The van der Waals surface area contributed by atoms with E-state index >= 15 is 0 Å². The Morgan fingerprint density at radius 1 is 1.26 bits per heavy atom. The van der Waals surface area contributed by atoms with Gasteiger partial charge in [-0.15, -0.1) is 0 Å². The van der Waals surface area contributed by atoms with E-state index < -0.39 is 0 Å². The number of rotatable bonds is 1. The van der Waals surface area contributed by atoms with Crippen LogP contribution >= 0.6 is 0 Å². The van der Waals surface area contributed by atoms with E-state index in [-0.39, 0.29) is 0 Å². The molecule has 4 heteroatoms. The van der Waals surface area contributed by atoms with Gasteiger partial charge in [-0.3, -0.25) is 9.78 Å². The maximum absolute atomic E-state index is 4.41. The molecule has 1 N–H and O–H groups in total. The molecule has 0 spiro atoms. The number of benzene rings is 2. The minimum atomic E-state index is 0.956. The van der Waals surface area contributed by atoms with Crippen molar-refractivity contribution in [2.75, 3.05) is 0 Å². The lowest BCUT2D eigenvalue weighted by Crippen LogP contribution is -1.84. The van der Waals surface area contributed by atoms with Gasteiger partial charge in [0.2, 0.25) is 0 Å². The van der Waals surface area contributed by atoms with E-state index in [1.807, 2.05) is 42.2 Å². The molecule has 0 aliphatic rings. The van der Waals surface area contributed by atoms with Gasteiger partial charge in [-0.25, -0.2) is 0 Å². The van der Waals surface area contributed by atoms with Crippen LogP contribution in [0.2, 0.25) is 0 Å². The molecule has 0 saturated carbocycles. The maximum Gasteiger partial charge on any atom is 0.0999 e. The van der Waals surface area contributed by atoms with Crippen LogP contribution in [-0.4, -0.2) is 20.0 Å². The molecular formula is C15H11N4. The third kappa shape index (κ3) is 1.53. The lowest BCUT2D eigenvalue weighted by molar-refractivity contribution is 0.780. The molecule has 2 aromatic heterocycles. The summed E-state index contributed by atoms with van der Waals surface area (Å²) in [5.74, 6) is 0. The summed E-state index contributed by atoms with van der Waals surface area (Å²) in [4.78, 5) is 0. The van der Waals surface area contributed by atoms with Gasteiger partial charge in [-0.2, -0.15) is 10.2 Å². The van der Waals surface area contributed by atoms with Gasteiger partial charge in [0.1, 0.15) is 0 Å². The van der Waals surface area contributed by atoms with Crippen molar-refractivity contribution in [3.63, 3.8) is 0 Å².